The summed E-state index contributed by atoms with van der Waals surface area (Å²) in [6, 6.07) is 4.62. The van der Waals surface area contributed by atoms with E-state index in [0.717, 1.165) is 24.9 Å². The van der Waals surface area contributed by atoms with Gasteiger partial charge in [-0.1, -0.05) is 6.07 Å². The van der Waals surface area contributed by atoms with E-state index in [-0.39, 0.29) is 17.0 Å². The first-order valence-electron chi connectivity index (χ1n) is 6.85. The number of halogens is 1. The zero-order valence-electron chi connectivity index (χ0n) is 12.0. The van der Waals surface area contributed by atoms with Crippen LogP contribution >= 0.6 is 0 Å². The van der Waals surface area contributed by atoms with Crippen molar-refractivity contribution in [3.63, 3.8) is 0 Å². The molecule has 110 valence electrons. The second kappa shape index (κ2) is 6.33. The van der Waals surface area contributed by atoms with Gasteiger partial charge in [-0.15, -0.1) is 0 Å². The Hall–Kier alpha value is -1.46. The molecule has 1 aromatic rings. The number of benzene rings is 1. The highest BCUT2D eigenvalue weighted by Gasteiger charge is 2.33. The molecule has 0 spiro atoms. The molecule has 1 amide bonds. The van der Waals surface area contributed by atoms with Gasteiger partial charge >= 0.3 is 0 Å². The Morgan fingerprint density at radius 3 is 2.95 bits per heavy atom. The third kappa shape index (κ3) is 3.35. The van der Waals surface area contributed by atoms with E-state index < -0.39 is 5.82 Å². The number of carbonyl (C=O) groups is 1. The van der Waals surface area contributed by atoms with Crippen molar-refractivity contribution in [1.82, 2.24) is 10.6 Å². The van der Waals surface area contributed by atoms with E-state index in [1.807, 2.05) is 0 Å². The van der Waals surface area contributed by atoms with Crippen LogP contribution < -0.4 is 10.6 Å². The van der Waals surface area contributed by atoms with Gasteiger partial charge in [-0.05, 0) is 44.0 Å². The standard InChI is InChI=1S/C15H21FN2O2/c1-11-4-5-12(13(16)8-11)14(19)17-9-15(10-20-2)6-3-7-18-15/h4-5,8,18H,3,6-7,9-10H2,1-2H3,(H,17,19). The van der Waals surface area contributed by atoms with Crippen LogP contribution in [0.4, 0.5) is 4.39 Å². The maximum Gasteiger partial charge on any atom is 0.254 e. The van der Waals surface area contributed by atoms with Gasteiger partial charge in [0.05, 0.1) is 17.7 Å². The topological polar surface area (TPSA) is 50.4 Å². The fraction of sp³-hybridized carbons (Fsp3) is 0.533. The molecule has 0 aliphatic carbocycles. The molecule has 1 heterocycles. The molecule has 2 rings (SSSR count). The summed E-state index contributed by atoms with van der Waals surface area (Å²) >= 11 is 0. The highest BCUT2D eigenvalue weighted by atomic mass is 19.1. The quantitative estimate of drug-likeness (QED) is 0.862. The van der Waals surface area contributed by atoms with Crippen molar-refractivity contribution in [2.24, 2.45) is 0 Å². The first-order valence-corrected chi connectivity index (χ1v) is 6.85. The van der Waals surface area contributed by atoms with Crippen LogP contribution in [0.3, 0.4) is 0 Å². The molecule has 1 unspecified atom stereocenters. The number of rotatable bonds is 5. The monoisotopic (exact) mass is 280 g/mol. The van der Waals surface area contributed by atoms with E-state index in [2.05, 4.69) is 10.6 Å². The van der Waals surface area contributed by atoms with Gasteiger partial charge in [-0.2, -0.15) is 0 Å². The lowest BCUT2D eigenvalue weighted by atomic mass is 9.98. The molecule has 5 heteroatoms. The van der Waals surface area contributed by atoms with Crippen molar-refractivity contribution in [1.29, 1.82) is 0 Å². The molecule has 1 atom stereocenters. The predicted octanol–water partition coefficient (Wildman–Crippen LogP) is 1.63. The van der Waals surface area contributed by atoms with Crippen LogP contribution in [0.25, 0.3) is 0 Å². The molecule has 0 bridgehead atoms. The van der Waals surface area contributed by atoms with Crippen LogP contribution in [0.1, 0.15) is 28.8 Å². The van der Waals surface area contributed by atoms with Crippen LogP contribution in [0.5, 0.6) is 0 Å². The molecule has 20 heavy (non-hydrogen) atoms. The molecular weight excluding hydrogens is 259 g/mol. The van der Waals surface area contributed by atoms with Crippen LogP contribution in [0.2, 0.25) is 0 Å². The van der Waals surface area contributed by atoms with Gasteiger partial charge in [-0.3, -0.25) is 4.79 Å². The molecule has 2 N–H and O–H groups in total. The van der Waals surface area contributed by atoms with Gasteiger partial charge in [0.25, 0.3) is 5.91 Å². The van der Waals surface area contributed by atoms with E-state index in [1.54, 1.807) is 20.1 Å². The third-order valence-electron chi connectivity index (χ3n) is 3.71. The van der Waals surface area contributed by atoms with E-state index >= 15 is 0 Å². The van der Waals surface area contributed by atoms with E-state index in [4.69, 9.17) is 4.74 Å². The molecule has 1 saturated heterocycles. The number of hydrogen-bond donors (Lipinski definition) is 2. The normalized spacial score (nSPS) is 21.9. The fourth-order valence-electron chi connectivity index (χ4n) is 2.62. The minimum Gasteiger partial charge on any atom is -0.383 e. The number of aryl methyl sites for hydroxylation is 1. The summed E-state index contributed by atoms with van der Waals surface area (Å²) < 4.78 is 19.0. The zero-order chi connectivity index (χ0) is 14.6. The molecule has 1 aromatic carbocycles. The van der Waals surface area contributed by atoms with Crippen molar-refractivity contribution in [2.45, 2.75) is 25.3 Å². The molecule has 0 radical (unpaired) electrons. The van der Waals surface area contributed by atoms with E-state index in [1.165, 1.54) is 12.1 Å². The Bertz CT molecular complexity index is 485. The Kier molecular flexibility index (Phi) is 4.73. The summed E-state index contributed by atoms with van der Waals surface area (Å²) in [5.41, 5.74) is 0.652. The second-order valence-electron chi connectivity index (χ2n) is 5.41. The molecule has 1 aliphatic heterocycles. The minimum absolute atomic E-state index is 0.0844. The summed E-state index contributed by atoms with van der Waals surface area (Å²) in [6.45, 7) is 3.68. The van der Waals surface area contributed by atoms with Gasteiger partial charge in [0.15, 0.2) is 0 Å². The van der Waals surface area contributed by atoms with Gasteiger partial charge in [0.2, 0.25) is 0 Å². The lowest BCUT2D eigenvalue weighted by Crippen LogP contribution is -2.53. The summed E-state index contributed by atoms with van der Waals surface area (Å²) in [4.78, 5) is 12.1. The van der Waals surface area contributed by atoms with Gasteiger partial charge < -0.3 is 15.4 Å². The Balaban J connectivity index is 2.00. The molecular formula is C15H21FN2O2. The zero-order valence-corrected chi connectivity index (χ0v) is 12.0. The number of amides is 1. The highest BCUT2D eigenvalue weighted by molar-refractivity contribution is 5.94. The number of nitrogens with one attached hydrogen (secondary N) is 2. The average molecular weight is 280 g/mol. The van der Waals surface area contributed by atoms with Crippen LogP contribution in [0.15, 0.2) is 18.2 Å². The predicted molar refractivity (Wildman–Crippen MR) is 75.3 cm³/mol. The number of ether oxygens (including phenoxy) is 1. The summed E-state index contributed by atoms with van der Waals surface area (Å²) in [7, 11) is 1.64. The van der Waals surface area contributed by atoms with Crippen molar-refractivity contribution in [3.05, 3.63) is 35.1 Å². The van der Waals surface area contributed by atoms with Crippen LogP contribution in [0, 0.1) is 12.7 Å². The molecule has 0 aromatic heterocycles. The first kappa shape index (κ1) is 14.9. The number of methoxy groups -OCH3 is 1. The lowest BCUT2D eigenvalue weighted by Gasteiger charge is -2.29. The van der Waals surface area contributed by atoms with E-state index in [9.17, 15) is 9.18 Å². The first-order chi connectivity index (χ1) is 9.56. The smallest absolute Gasteiger partial charge is 0.254 e. The minimum atomic E-state index is -0.484. The summed E-state index contributed by atoms with van der Waals surface area (Å²) in [5.74, 6) is -0.866. The second-order valence-corrected chi connectivity index (χ2v) is 5.41. The van der Waals surface area contributed by atoms with Gasteiger partial charge in [-0.25, -0.2) is 4.39 Å². The third-order valence-corrected chi connectivity index (χ3v) is 3.71. The Labute approximate surface area is 118 Å². The largest absolute Gasteiger partial charge is 0.383 e. The van der Waals surface area contributed by atoms with Crippen molar-refractivity contribution in [3.8, 4) is 0 Å². The van der Waals surface area contributed by atoms with Crippen LogP contribution in [-0.2, 0) is 4.74 Å². The van der Waals surface area contributed by atoms with Crippen LogP contribution in [-0.4, -0.2) is 38.3 Å². The van der Waals surface area contributed by atoms with Gasteiger partial charge in [0.1, 0.15) is 5.82 Å². The van der Waals surface area contributed by atoms with Crippen molar-refractivity contribution < 1.29 is 13.9 Å². The average Bonchev–Trinajstić information content (AvgIpc) is 2.85. The summed E-state index contributed by atoms with van der Waals surface area (Å²) in [6.07, 6.45) is 2.00. The number of hydrogen-bond acceptors (Lipinski definition) is 3. The number of carbonyl (C=O) groups excluding carboxylic acids is 1. The summed E-state index contributed by atoms with van der Waals surface area (Å²) in [5, 5.41) is 6.17. The maximum atomic E-state index is 13.7. The van der Waals surface area contributed by atoms with Crippen molar-refractivity contribution >= 4 is 5.91 Å². The molecule has 1 aliphatic rings. The highest BCUT2D eigenvalue weighted by Crippen LogP contribution is 2.19. The molecule has 0 saturated carbocycles. The maximum absolute atomic E-state index is 13.7. The Morgan fingerprint density at radius 2 is 2.35 bits per heavy atom. The SMILES string of the molecule is COCC1(CNC(=O)c2ccc(C)cc2F)CCCN1. The fourth-order valence-corrected chi connectivity index (χ4v) is 2.62. The molecule has 1 fully saturated rings. The van der Waals surface area contributed by atoms with Crippen molar-refractivity contribution in [2.75, 3.05) is 26.8 Å². The molecule has 4 nitrogen and oxygen atoms in total. The van der Waals surface area contributed by atoms with Gasteiger partial charge in [0, 0.05) is 13.7 Å². The lowest BCUT2D eigenvalue weighted by molar-refractivity contribution is 0.0888. The van der Waals surface area contributed by atoms with E-state index in [0.29, 0.717) is 13.2 Å². The Morgan fingerprint density at radius 1 is 1.55 bits per heavy atom.